The number of nitrogens with one attached hydrogen (secondary N) is 3. The van der Waals surface area contributed by atoms with Gasteiger partial charge in [0.15, 0.2) is 5.65 Å². The SMILES string of the molecule is CCCCn1c(=O)[nH]c(=O)c2[nH]c(C(Cc3ccccc3O[Si](C)(C)C(C)(C)C)c3ccc(NC(C)=O)cc3)nc21.[H-].[Na+]. The number of aromatic amines is 2. The molecule has 9 nitrogen and oxygen atoms in total. The molecule has 1 atom stereocenters. The maximum absolute atomic E-state index is 12.8. The van der Waals surface area contributed by atoms with Crippen LogP contribution in [0.4, 0.5) is 5.69 Å². The first kappa shape index (κ1) is 33.6. The molecule has 0 fully saturated rings. The molecule has 4 aromatic rings. The van der Waals surface area contributed by atoms with Crippen molar-refractivity contribution in [3.63, 3.8) is 0 Å². The summed E-state index contributed by atoms with van der Waals surface area (Å²) in [6.07, 6.45) is 2.23. The summed E-state index contributed by atoms with van der Waals surface area (Å²) >= 11 is 0. The third-order valence-corrected chi connectivity index (χ3v) is 12.3. The number of rotatable bonds is 10. The number of amides is 1. The van der Waals surface area contributed by atoms with E-state index in [-0.39, 0.29) is 53.4 Å². The Bertz CT molecular complexity index is 1660. The number of anilines is 1. The normalized spacial score (nSPS) is 12.5. The zero-order chi connectivity index (χ0) is 29.9. The average molecular weight is 600 g/mol. The summed E-state index contributed by atoms with van der Waals surface area (Å²) in [7, 11) is -2.12. The number of carbonyl (C=O) groups excluding carboxylic acids is 1. The Labute approximate surface area is 271 Å². The summed E-state index contributed by atoms with van der Waals surface area (Å²) in [5, 5.41) is 2.84. The Hall–Kier alpha value is -2.92. The number of hydrogen-bond acceptors (Lipinski definition) is 5. The molecule has 0 spiro atoms. The van der Waals surface area contributed by atoms with Gasteiger partial charge in [0, 0.05) is 25.1 Å². The van der Waals surface area contributed by atoms with Gasteiger partial charge in [0.2, 0.25) is 14.2 Å². The molecule has 0 aliphatic rings. The Balaban J connectivity index is 0.00000323. The molecule has 0 radical (unpaired) electrons. The van der Waals surface area contributed by atoms with Crippen molar-refractivity contribution in [1.82, 2.24) is 19.5 Å². The zero-order valence-corrected chi connectivity index (χ0v) is 29.1. The molecule has 2 aromatic heterocycles. The molecule has 3 N–H and O–H groups in total. The van der Waals surface area contributed by atoms with E-state index in [1.165, 1.54) is 11.5 Å². The van der Waals surface area contributed by atoms with E-state index in [2.05, 4.69) is 55.2 Å². The van der Waals surface area contributed by atoms with E-state index in [1.807, 2.05) is 49.4 Å². The van der Waals surface area contributed by atoms with Crippen molar-refractivity contribution in [2.24, 2.45) is 0 Å². The van der Waals surface area contributed by atoms with Gasteiger partial charge in [0.1, 0.15) is 17.1 Å². The molecule has 1 unspecified atom stereocenters. The second-order valence-corrected chi connectivity index (χ2v) is 16.8. The van der Waals surface area contributed by atoms with Crippen LogP contribution < -0.4 is 50.5 Å². The molecule has 1 amide bonds. The number of aromatic nitrogens is 4. The topological polar surface area (TPSA) is 122 Å². The number of benzene rings is 2. The van der Waals surface area contributed by atoms with Gasteiger partial charge in [0.05, 0.1) is 0 Å². The molecule has 0 bridgehead atoms. The summed E-state index contributed by atoms with van der Waals surface area (Å²) in [5.74, 6) is 0.989. The van der Waals surface area contributed by atoms with E-state index in [1.54, 1.807) is 0 Å². The fraction of sp³-hybridized carbons (Fsp3) is 0.419. The van der Waals surface area contributed by atoms with Crippen molar-refractivity contribution in [1.29, 1.82) is 0 Å². The molecule has 11 heteroatoms. The number of unbranched alkanes of at least 4 members (excludes halogenated alkanes) is 1. The number of fused-ring (bicyclic) bond motifs is 1. The first-order valence-corrected chi connectivity index (χ1v) is 17.1. The van der Waals surface area contributed by atoms with Gasteiger partial charge in [-0.1, -0.05) is 64.4 Å². The van der Waals surface area contributed by atoms with Gasteiger partial charge in [0.25, 0.3) is 5.56 Å². The van der Waals surface area contributed by atoms with Crippen molar-refractivity contribution in [2.45, 2.75) is 84.5 Å². The molecule has 0 aliphatic heterocycles. The fourth-order valence-electron chi connectivity index (χ4n) is 4.54. The molecular formula is C31H42N5NaO4Si. The Morgan fingerprint density at radius 2 is 1.76 bits per heavy atom. The molecule has 220 valence electrons. The molecule has 0 saturated carbocycles. The van der Waals surface area contributed by atoms with Gasteiger partial charge in [-0.3, -0.25) is 19.1 Å². The summed E-state index contributed by atoms with van der Waals surface area (Å²) in [6.45, 7) is 15.1. The van der Waals surface area contributed by atoms with Crippen LogP contribution in [0.2, 0.25) is 18.1 Å². The predicted molar refractivity (Wildman–Crippen MR) is 168 cm³/mol. The number of nitrogens with zero attached hydrogens (tertiary/aromatic N) is 2. The quantitative estimate of drug-likeness (QED) is 0.242. The van der Waals surface area contributed by atoms with Crippen LogP contribution in [0.1, 0.15) is 71.8 Å². The summed E-state index contributed by atoms with van der Waals surface area (Å²) in [6, 6.07) is 15.7. The van der Waals surface area contributed by atoms with Crippen LogP contribution in [-0.2, 0) is 17.8 Å². The largest absolute Gasteiger partial charge is 1.00 e. The zero-order valence-electron chi connectivity index (χ0n) is 27.1. The maximum atomic E-state index is 12.8. The van der Waals surface area contributed by atoms with Crippen molar-refractivity contribution < 1.29 is 40.2 Å². The average Bonchev–Trinajstić information content (AvgIpc) is 3.33. The number of H-pyrrole nitrogens is 2. The van der Waals surface area contributed by atoms with Crippen molar-refractivity contribution in [3.05, 3.63) is 86.3 Å². The van der Waals surface area contributed by atoms with Crippen molar-refractivity contribution in [2.75, 3.05) is 5.32 Å². The van der Waals surface area contributed by atoms with Gasteiger partial charge in [-0.2, -0.15) is 0 Å². The summed E-state index contributed by atoms with van der Waals surface area (Å²) < 4.78 is 8.28. The van der Waals surface area contributed by atoms with E-state index in [0.717, 1.165) is 29.7 Å². The third kappa shape index (κ3) is 7.53. The van der Waals surface area contributed by atoms with Crippen molar-refractivity contribution >= 4 is 31.1 Å². The van der Waals surface area contributed by atoms with Gasteiger partial charge >= 0.3 is 35.2 Å². The Kier molecular flexibility index (Phi) is 10.9. The first-order valence-electron chi connectivity index (χ1n) is 14.2. The number of hydrogen-bond donors (Lipinski definition) is 3. The number of imidazole rings is 1. The molecule has 42 heavy (non-hydrogen) atoms. The molecule has 2 heterocycles. The van der Waals surface area contributed by atoms with Gasteiger partial charge in [-0.15, -0.1) is 0 Å². The van der Waals surface area contributed by atoms with E-state index >= 15 is 0 Å². The second-order valence-electron chi connectivity index (χ2n) is 12.1. The minimum Gasteiger partial charge on any atom is -1.00 e. The minimum atomic E-state index is -2.12. The van der Waals surface area contributed by atoms with Crippen LogP contribution in [0, 0.1) is 0 Å². The third-order valence-electron chi connectivity index (χ3n) is 7.92. The summed E-state index contributed by atoms with van der Waals surface area (Å²) in [5.41, 5.74) is 2.34. The van der Waals surface area contributed by atoms with Crippen molar-refractivity contribution in [3.8, 4) is 5.75 Å². The molecule has 2 aromatic carbocycles. The van der Waals surface area contributed by atoms with Gasteiger partial charge in [-0.25, -0.2) is 9.78 Å². The van der Waals surface area contributed by atoms with Gasteiger partial charge in [-0.05, 0) is 60.3 Å². The molecule has 0 aliphatic carbocycles. The van der Waals surface area contributed by atoms with E-state index < -0.39 is 19.6 Å². The van der Waals surface area contributed by atoms with Crippen LogP contribution >= 0.6 is 0 Å². The maximum Gasteiger partial charge on any atom is 1.00 e. The van der Waals surface area contributed by atoms with Crippen LogP contribution in [0.3, 0.4) is 0 Å². The standard InChI is InChI=1S/C31H41N5O4Si.Na.H/c1-8-9-18-36-28-26(29(38)35-30(36)39)33-27(34-28)24(21-14-16-23(17-15-21)32-20(2)37)19-22-12-10-11-13-25(22)40-41(6,7)31(3,4)5;;/h10-17,24H,8-9,18-19H2,1-7H3,(H,32,37)(H,33,34)(H,35,38,39);;/q;+1;-1. The first-order chi connectivity index (χ1) is 19.3. The number of aryl methyl sites for hydroxylation is 1. The second kappa shape index (κ2) is 13.6. The van der Waals surface area contributed by atoms with E-state index in [0.29, 0.717) is 30.1 Å². The number of para-hydroxylation sites is 1. The predicted octanol–water partition coefficient (Wildman–Crippen LogP) is 3.05. The Morgan fingerprint density at radius 1 is 1.10 bits per heavy atom. The van der Waals surface area contributed by atoms with E-state index in [4.69, 9.17) is 9.41 Å². The van der Waals surface area contributed by atoms with Crippen LogP contribution in [-0.4, -0.2) is 33.7 Å². The van der Waals surface area contributed by atoms with Crippen LogP contribution in [0.5, 0.6) is 5.75 Å². The van der Waals surface area contributed by atoms with Crippen LogP contribution in [0.15, 0.2) is 58.1 Å². The molecule has 4 rings (SSSR count). The minimum absolute atomic E-state index is 0. The molecular weight excluding hydrogens is 557 g/mol. The van der Waals surface area contributed by atoms with Crippen LogP contribution in [0.25, 0.3) is 11.2 Å². The molecule has 0 saturated heterocycles. The van der Waals surface area contributed by atoms with E-state index in [9.17, 15) is 14.4 Å². The Morgan fingerprint density at radius 3 is 2.38 bits per heavy atom. The fourth-order valence-corrected chi connectivity index (χ4v) is 5.60. The smallest absolute Gasteiger partial charge is 1.00 e. The number of carbonyl (C=O) groups is 1. The van der Waals surface area contributed by atoms with Gasteiger partial charge < -0.3 is 16.2 Å². The monoisotopic (exact) mass is 599 g/mol. The summed E-state index contributed by atoms with van der Waals surface area (Å²) in [4.78, 5) is 47.6.